The van der Waals surface area contributed by atoms with Crippen LogP contribution in [0.1, 0.15) is 42.6 Å². The SMILES string of the molecule is CC(C)N(C)CCNC(=O)NCc1cccc(C(=O)N2CCCC2)c1. The molecule has 2 rings (SSSR count). The molecule has 0 aliphatic carbocycles. The molecule has 3 amide bonds. The molecule has 1 aromatic rings. The predicted octanol–water partition coefficient (Wildman–Crippen LogP) is 2.06. The molecule has 1 saturated heterocycles. The molecule has 1 aromatic carbocycles. The summed E-state index contributed by atoms with van der Waals surface area (Å²) < 4.78 is 0. The Balaban J connectivity index is 1.77. The van der Waals surface area contributed by atoms with Gasteiger partial charge in [0.05, 0.1) is 0 Å². The lowest BCUT2D eigenvalue weighted by Crippen LogP contribution is -2.40. The van der Waals surface area contributed by atoms with Crippen molar-refractivity contribution in [2.45, 2.75) is 39.3 Å². The van der Waals surface area contributed by atoms with Crippen molar-refractivity contribution in [1.29, 1.82) is 0 Å². The second-order valence-corrected chi connectivity index (χ2v) is 6.88. The summed E-state index contributed by atoms with van der Waals surface area (Å²) in [5, 5.41) is 5.70. The molecule has 1 heterocycles. The Morgan fingerprint density at radius 1 is 1.20 bits per heavy atom. The average molecular weight is 346 g/mol. The van der Waals surface area contributed by atoms with E-state index in [1.807, 2.05) is 36.2 Å². The van der Waals surface area contributed by atoms with Crippen molar-refractivity contribution in [3.8, 4) is 0 Å². The number of hydrogen-bond acceptors (Lipinski definition) is 3. The molecule has 0 radical (unpaired) electrons. The van der Waals surface area contributed by atoms with Crippen LogP contribution in [0.2, 0.25) is 0 Å². The summed E-state index contributed by atoms with van der Waals surface area (Å²) in [5.74, 6) is 0.0838. The molecule has 0 aromatic heterocycles. The lowest BCUT2D eigenvalue weighted by atomic mass is 10.1. The highest BCUT2D eigenvalue weighted by molar-refractivity contribution is 5.94. The Kier molecular flexibility index (Phi) is 7.25. The number of urea groups is 1. The van der Waals surface area contributed by atoms with Gasteiger partial charge in [0.2, 0.25) is 0 Å². The fourth-order valence-electron chi connectivity index (χ4n) is 2.77. The number of carbonyl (C=O) groups is 2. The number of carbonyl (C=O) groups excluding carboxylic acids is 2. The molecule has 0 saturated carbocycles. The van der Waals surface area contributed by atoms with E-state index in [2.05, 4.69) is 29.4 Å². The van der Waals surface area contributed by atoms with Gasteiger partial charge in [-0.05, 0) is 51.4 Å². The number of nitrogens with one attached hydrogen (secondary N) is 2. The van der Waals surface area contributed by atoms with Crippen molar-refractivity contribution in [3.63, 3.8) is 0 Å². The molecule has 138 valence electrons. The Hall–Kier alpha value is -2.08. The first-order valence-corrected chi connectivity index (χ1v) is 9.07. The highest BCUT2D eigenvalue weighted by Gasteiger charge is 2.19. The minimum absolute atomic E-state index is 0.0838. The maximum atomic E-state index is 12.4. The van der Waals surface area contributed by atoms with E-state index in [1.165, 1.54) is 0 Å². The Bertz CT molecular complexity index is 583. The first-order valence-electron chi connectivity index (χ1n) is 9.07. The summed E-state index contributed by atoms with van der Waals surface area (Å²) in [6, 6.07) is 7.78. The number of nitrogens with zero attached hydrogens (tertiary/aromatic N) is 2. The molecule has 1 aliphatic rings. The highest BCUT2D eigenvalue weighted by atomic mass is 16.2. The molecule has 25 heavy (non-hydrogen) atoms. The summed E-state index contributed by atoms with van der Waals surface area (Å²) >= 11 is 0. The predicted molar refractivity (Wildman–Crippen MR) is 99.6 cm³/mol. The Labute approximate surface area is 150 Å². The van der Waals surface area contributed by atoms with Crippen LogP contribution in [0, 0.1) is 0 Å². The van der Waals surface area contributed by atoms with E-state index >= 15 is 0 Å². The zero-order chi connectivity index (χ0) is 18.2. The summed E-state index contributed by atoms with van der Waals surface area (Å²) in [4.78, 5) is 28.4. The summed E-state index contributed by atoms with van der Waals surface area (Å²) in [6.07, 6.45) is 2.16. The molecule has 0 atom stereocenters. The molecule has 2 N–H and O–H groups in total. The summed E-state index contributed by atoms with van der Waals surface area (Å²) in [6.45, 7) is 7.75. The zero-order valence-electron chi connectivity index (χ0n) is 15.5. The molecule has 1 aliphatic heterocycles. The van der Waals surface area contributed by atoms with Crippen LogP contribution < -0.4 is 10.6 Å². The fourth-order valence-corrected chi connectivity index (χ4v) is 2.77. The third-order valence-corrected chi connectivity index (χ3v) is 4.65. The third kappa shape index (κ3) is 6.05. The molecular formula is C19H30N4O2. The van der Waals surface area contributed by atoms with Crippen LogP contribution in [0.3, 0.4) is 0 Å². The van der Waals surface area contributed by atoms with Crippen molar-refractivity contribution in [2.75, 3.05) is 33.2 Å². The van der Waals surface area contributed by atoms with Gasteiger partial charge in [-0.3, -0.25) is 4.79 Å². The Morgan fingerprint density at radius 3 is 2.60 bits per heavy atom. The number of likely N-dealkylation sites (N-methyl/N-ethyl adjacent to an activating group) is 1. The minimum atomic E-state index is -0.187. The van der Waals surface area contributed by atoms with Crippen LogP contribution in [-0.2, 0) is 6.54 Å². The topological polar surface area (TPSA) is 64.7 Å². The van der Waals surface area contributed by atoms with Crippen LogP contribution in [-0.4, -0.2) is 61.0 Å². The van der Waals surface area contributed by atoms with Gasteiger partial charge in [-0.2, -0.15) is 0 Å². The van der Waals surface area contributed by atoms with Crippen LogP contribution in [0.15, 0.2) is 24.3 Å². The first-order chi connectivity index (χ1) is 12.0. The lowest BCUT2D eigenvalue weighted by Gasteiger charge is -2.21. The lowest BCUT2D eigenvalue weighted by molar-refractivity contribution is 0.0792. The quantitative estimate of drug-likeness (QED) is 0.794. The third-order valence-electron chi connectivity index (χ3n) is 4.65. The monoisotopic (exact) mass is 346 g/mol. The van der Waals surface area contributed by atoms with Crippen molar-refractivity contribution in [1.82, 2.24) is 20.4 Å². The summed E-state index contributed by atoms with van der Waals surface area (Å²) in [7, 11) is 2.03. The molecule has 0 spiro atoms. The van der Waals surface area contributed by atoms with E-state index in [4.69, 9.17) is 0 Å². The van der Waals surface area contributed by atoms with Gasteiger partial charge in [0.15, 0.2) is 0 Å². The van der Waals surface area contributed by atoms with Gasteiger partial charge >= 0.3 is 6.03 Å². The maximum absolute atomic E-state index is 12.4. The van der Waals surface area contributed by atoms with Gasteiger partial charge < -0.3 is 20.4 Å². The number of amides is 3. The molecule has 1 fully saturated rings. The van der Waals surface area contributed by atoms with Crippen LogP contribution >= 0.6 is 0 Å². The van der Waals surface area contributed by atoms with Crippen molar-refractivity contribution < 1.29 is 9.59 Å². The van der Waals surface area contributed by atoms with Gasteiger partial charge in [0.1, 0.15) is 0 Å². The fraction of sp³-hybridized carbons (Fsp3) is 0.579. The van der Waals surface area contributed by atoms with Crippen molar-refractivity contribution in [3.05, 3.63) is 35.4 Å². The maximum Gasteiger partial charge on any atom is 0.315 e. The van der Waals surface area contributed by atoms with E-state index in [0.717, 1.165) is 38.0 Å². The number of likely N-dealkylation sites (tertiary alicyclic amines) is 1. The van der Waals surface area contributed by atoms with Gasteiger partial charge in [-0.1, -0.05) is 12.1 Å². The van der Waals surface area contributed by atoms with Crippen molar-refractivity contribution >= 4 is 11.9 Å². The number of rotatable bonds is 7. The molecule has 6 heteroatoms. The zero-order valence-corrected chi connectivity index (χ0v) is 15.5. The van der Waals surface area contributed by atoms with E-state index in [1.54, 1.807) is 0 Å². The smallest absolute Gasteiger partial charge is 0.315 e. The van der Waals surface area contributed by atoms with E-state index in [-0.39, 0.29) is 11.9 Å². The highest BCUT2D eigenvalue weighted by Crippen LogP contribution is 2.14. The average Bonchev–Trinajstić information content (AvgIpc) is 3.14. The Morgan fingerprint density at radius 2 is 1.92 bits per heavy atom. The second kappa shape index (κ2) is 9.42. The standard InChI is InChI=1S/C19H30N4O2/c1-15(2)22(3)12-9-20-19(25)21-14-16-7-6-8-17(13-16)18(24)23-10-4-5-11-23/h6-8,13,15H,4-5,9-12,14H2,1-3H3,(H2,20,21,25). The van der Waals surface area contributed by atoms with E-state index < -0.39 is 0 Å². The number of benzene rings is 1. The van der Waals surface area contributed by atoms with Gasteiger partial charge in [0, 0.05) is 44.3 Å². The molecule has 0 bridgehead atoms. The van der Waals surface area contributed by atoms with Crippen LogP contribution in [0.25, 0.3) is 0 Å². The van der Waals surface area contributed by atoms with Gasteiger partial charge in [-0.25, -0.2) is 4.79 Å². The summed E-state index contributed by atoms with van der Waals surface area (Å²) in [5.41, 5.74) is 1.62. The van der Waals surface area contributed by atoms with E-state index in [9.17, 15) is 9.59 Å². The van der Waals surface area contributed by atoms with Gasteiger partial charge in [-0.15, -0.1) is 0 Å². The molecule has 0 unspecified atom stereocenters. The minimum Gasteiger partial charge on any atom is -0.339 e. The number of hydrogen-bond donors (Lipinski definition) is 2. The normalized spacial score (nSPS) is 14.2. The van der Waals surface area contributed by atoms with Crippen LogP contribution in [0.5, 0.6) is 0 Å². The largest absolute Gasteiger partial charge is 0.339 e. The first kappa shape index (κ1) is 19.2. The second-order valence-electron chi connectivity index (χ2n) is 6.88. The van der Waals surface area contributed by atoms with Crippen LogP contribution in [0.4, 0.5) is 4.79 Å². The van der Waals surface area contributed by atoms with E-state index in [0.29, 0.717) is 24.7 Å². The molecular weight excluding hydrogens is 316 g/mol. The molecule has 6 nitrogen and oxygen atoms in total. The van der Waals surface area contributed by atoms with Gasteiger partial charge in [0.25, 0.3) is 5.91 Å². The van der Waals surface area contributed by atoms with Crippen molar-refractivity contribution in [2.24, 2.45) is 0 Å².